The Balaban J connectivity index is 2.58. The van der Waals surface area contributed by atoms with Crippen molar-refractivity contribution in [2.75, 3.05) is 0 Å². The van der Waals surface area contributed by atoms with Crippen molar-refractivity contribution in [1.29, 1.82) is 0 Å². The van der Waals surface area contributed by atoms with Crippen LogP contribution in [0, 0.1) is 13.8 Å². The second kappa shape index (κ2) is 4.36. The van der Waals surface area contributed by atoms with Gasteiger partial charge in [0.05, 0.1) is 0 Å². The average molecular weight is 229 g/mol. The summed E-state index contributed by atoms with van der Waals surface area (Å²) >= 11 is 0. The highest BCUT2D eigenvalue weighted by atomic mass is 16.1. The fourth-order valence-corrected chi connectivity index (χ4v) is 2.30. The number of ketones is 1. The van der Waals surface area contributed by atoms with Gasteiger partial charge in [0.1, 0.15) is 0 Å². The molecule has 0 fully saturated rings. The lowest BCUT2D eigenvalue weighted by atomic mass is 10.0. The van der Waals surface area contributed by atoms with E-state index in [1.807, 2.05) is 19.1 Å². The number of carbonyl (C=O) groups excluding carboxylic acids is 1. The Morgan fingerprint density at radius 1 is 1.29 bits per heavy atom. The average Bonchev–Trinajstić information content (AvgIpc) is 2.55. The summed E-state index contributed by atoms with van der Waals surface area (Å²) in [6.45, 7) is 6.27. The van der Waals surface area contributed by atoms with Crippen LogP contribution in [0.15, 0.2) is 18.2 Å². The van der Waals surface area contributed by atoms with Gasteiger partial charge < -0.3 is 4.57 Å². The smallest absolute Gasteiger partial charge is 0.162 e. The second-order valence-electron chi connectivity index (χ2n) is 4.67. The molecule has 0 aliphatic heterocycles. The Labute approximate surface area is 102 Å². The van der Waals surface area contributed by atoms with Gasteiger partial charge in [-0.15, -0.1) is 0 Å². The molecule has 17 heavy (non-hydrogen) atoms. The van der Waals surface area contributed by atoms with E-state index in [1.54, 1.807) is 0 Å². The molecule has 2 nitrogen and oxygen atoms in total. The summed E-state index contributed by atoms with van der Waals surface area (Å²) in [6.07, 6.45) is 1.54. The fourth-order valence-electron chi connectivity index (χ4n) is 2.30. The van der Waals surface area contributed by atoms with Gasteiger partial charge in [-0.25, -0.2) is 0 Å². The van der Waals surface area contributed by atoms with Gasteiger partial charge in [0.2, 0.25) is 0 Å². The van der Waals surface area contributed by atoms with Crippen LogP contribution in [0.1, 0.15) is 41.4 Å². The number of carbonyl (C=O) groups is 1. The van der Waals surface area contributed by atoms with Crippen LogP contribution in [-0.2, 0) is 7.05 Å². The molecule has 0 saturated heterocycles. The molecule has 0 aliphatic rings. The number of aromatic nitrogens is 1. The van der Waals surface area contributed by atoms with E-state index in [0.717, 1.165) is 12.0 Å². The summed E-state index contributed by atoms with van der Waals surface area (Å²) < 4.78 is 2.18. The Hall–Kier alpha value is -1.57. The first-order valence-corrected chi connectivity index (χ1v) is 6.15. The van der Waals surface area contributed by atoms with E-state index in [4.69, 9.17) is 0 Å². The zero-order chi connectivity index (χ0) is 12.6. The maximum absolute atomic E-state index is 11.9. The van der Waals surface area contributed by atoms with Gasteiger partial charge in [-0.3, -0.25) is 4.79 Å². The SMILES string of the molecule is CCCC(=O)c1ccc2c(c1)c(C)c(C)n2C. The Morgan fingerprint density at radius 3 is 2.65 bits per heavy atom. The molecule has 90 valence electrons. The van der Waals surface area contributed by atoms with Crippen molar-refractivity contribution in [2.24, 2.45) is 7.05 Å². The van der Waals surface area contributed by atoms with Gasteiger partial charge in [-0.1, -0.05) is 6.92 Å². The third kappa shape index (κ3) is 1.88. The molecule has 2 heteroatoms. The van der Waals surface area contributed by atoms with Crippen molar-refractivity contribution in [3.63, 3.8) is 0 Å². The van der Waals surface area contributed by atoms with Crippen LogP contribution in [0.25, 0.3) is 10.9 Å². The molecule has 0 saturated carbocycles. The molecule has 2 rings (SSSR count). The molecule has 1 aromatic heterocycles. The molecular weight excluding hydrogens is 210 g/mol. The van der Waals surface area contributed by atoms with Crippen molar-refractivity contribution in [1.82, 2.24) is 4.57 Å². The molecule has 0 aliphatic carbocycles. The first-order valence-electron chi connectivity index (χ1n) is 6.15. The quantitative estimate of drug-likeness (QED) is 0.734. The van der Waals surface area contributed by atoms with Crippen LogP contribution in [0.2, 0.25) is 0 Å². The number of hydrogen-bond donors (Lipinski definition) is 0. The molecule has 2 aromatic rings. The lowest BCUT2D eigenvalue weighted by Crippen LogP contribution is -1.97. The third-order valence-electron chi connectivity index (χ3n) is 3.61. The first-order chi connectivity index (χ1) is 8.06. The Morgan fingerprint density at radius 2 is 2.00 bits per heavy atom. The van der Waals surface area contributed by atoms with E-state index >= 15 is 0 Å². The molecular formula is C15H19NO. The zero-order valence-electron chi connectivity index (χ0n) is 11.0. The number of hydrogen-bond acceptors (Lipinski definition) is 1. The number of fused-ring (bicyclic) bond motifs is 1. The number of rotatable bonds is 3. The minimum Gasteiger partial charge on any atom is -0.348 e. The lowest BCUT2D eigenvalue weighted by Gasteiger charge is -2.01. The van der Waals surface area contributed by atoms with Crippen LogP contribution in [0.5, 0.6) is 0 Å². The standard InChI is InChI=1S/C15H19NO/c1-5-6-15(17)12-7-8-14-13(9-12)10(2)11(3)16(14)4/h7-9H,5-6H2,1-4H3. The van der Waals surface area contributed by atoms with Crippen molar-refractivity contribution in [2.45, 2.75) is 33.6 Å². The summed E-state index contributed by atoms with van der Waals surface area (Å²) in [6, 6.07) is 6.03. The van der Waals surface area contributed by atoms with Crippen LogP contribution in [-0.4, -0.2) is 10.4 Å². The van der Waals surface area contributed by atoms with E-state index < -0.39 is 0 Å². The normalized spacial score (nSPS) is 11.1. The Bertz CT molecular complexity index is 578. The molecule has 0 bridgehead atoms. The molecule has 0 atom stereocenters. The van der Waals surface area contributed by atoms with E-state index in [-0.39, 0.29) is 5.78 Å². The predicted octanol–water partition coefficient (Wildman–Crippen LogP) is 3.78. The Kier molecular flexibility index (Phi) is 3.05. The van der Waals surface area contributed by atoms with Crippen LogP contribution in [0.3, 0.4) is 0 Å². The zero-order valence-corrected chi connectivity index (χ0v) is 11.0. The van der Waals surface area contributed by atoms with Gasteiger partial charge >= 0.3 is 0 Å². The van der Waals surface area contributed by atoms with Gasteiger partial charge in [0.15, 0.2) is 5.78 Å². The number of Topliss-reactive ketones (excluding diaryl/α,β-unsaturated/α-hetero) is 1. The first kappa shape index (κ1) is 11.9. The summed E-state index contributed by atoms with van der Waals surface area (Å²) in [5, 5.41) is 1.20. The molecule has 0 amide bonds. The highest BCUT2D eigenvalue weighted by molar-refractivity contribution is 6.00. The van der Waals surface area contributed by atoms with E-state index in [0.29, 0.717) is 6.42 Å². The summed E-state index contributed by atoms with van der Waals surface area (Å²) in [4.78, 5) is 11.9. The number of nitrogens with zero attached hydrogens (tertiary/aromatic N) is 1. The number of aryl methyl sites for hydroxylation is 2. The van der Waals surface area contributed by atoms with E-state index in [2.05, 4.69) is 31.5 Å². The minimum absolute atomic E-state index is 0.246. The molecule has 1 heterocycles. The van der Waals surface area contributed by atoms with Gasteiger partial charge in [-0.2, -0.15) is 0 Å². The fraction of sp³-hybridized carbons (Fsp3) is 0.400. The monoisotopic (exact) mass is 229 g/mol. The molecule has 0 radical (unpaired) electrons. The molecule has 0 spiro atoms. The summed E-state index contributed by atoms with van der Waals surface area (Å²) in [5.74, 6) is 0.246. The third-order valence-corrected chi connectivity index (χ3v) is 3.61. The highest BCUT2D eigenvalue weighted by Gasteiger charge is 2.11. The van der Waals surface area contributed by atoms with Crippen molar-refractivity contribution < 1.29 is 4.79 Å². The second-order valence-corrected chi connectivity index (χ2v) is 4.67. The maximum Gasteiger partial charge on any atom is 0.162 e. The lowest BCUT2D eigenvalue weighted by molar-refractivity contribution is 0.0982. The van der Waals surface area contributed by atoms with Crippen molar-refractivity contribution >= 4 is 16.7 Å². The van der Waals surface area contributed by atoms with Crippen molar-refractivity contribution in [3.05, 3.63) is 35.0 Å². The molecule has 0 unspecified atom stereocenters. The van der Waals surface area contributed by atoms with E-state index in [9.17, 15) is 4.79 Å². The van der Waals surface area contributed by atoms with Gasteiger partial charge in [0, 0.05) is 35.6 Å². The van der Waals surface area contributed by atoms with Crippen LogP contribution in [0.4, 0.5) is 0 Å². The highest BCUT2D eigenvalue weighted by Crippen LogP contribution is 2.25. The van der Waals surface area contributed by atoms with Gasteiger partial charge in [0.25, 0.3) is 0 Å². The summed E-state index contributed by atoms with van der Waals surface area (Å²) in [5.41, 5.74) is 4.58. The maximum atomic E-state index is 11.9. The van der Waals surface area contributed by atoms with Gasteiger partial charge in [-0.05, 0) is 44.0 Å². The number of benzene rings is 1. The van der Waals surface area contributed by atoms with E-state index in [1.165, 1.54) is 22.2 Å². The topological polar surface area (TPSA) is 22.0 Å². The molecule has 0 N–H and O–H groups in total. The van der Waals surface area contributed by atoms with Crippen molar-refractivity contribution in [3.8, 4) is 0 Å². The van der Waals surface area contributed by atoms with Crippen LogP contribution >= 0.6 is 0 Å². The van der Waals surface area contributed by atoms with Crippen LogP contribution < -0.4 is 0 Å². The largest absolute Gasteiger partial charge is 0.348 e. The predicted molar refractivity (Wildman–Crippen MR) is 71.6 cm³/mol. The minimum atomic E-state index is 0.246. The summed E-state index contributed by atoms with van der Waals surface area (Å²) in [7, 11) is 2.07. The molecule has 1 aromatic carbocycles.